The van der Waals surface area contributed by atoms with Gasteiger partial charge in [0.2, 0.25) is 6.54 Å². The lowest BCUT2D eigenvalue weighted by Crippen LogP contribution is -2.22. The zero-order valence-corrected chi connectivity index (χ0v) is 11.5. The van der Waals surface area contributed by atoms with Crippen LogP contribution in [0.3, 0.4) is 0 Å². The maximum absolute atomic E-state index is 10.9. The van der Waals surface area contributed by atoms with E-state index in [1.165, 1.54) is 0 Å². The fraction of sp³-hybridized carbons (Fsp3) is 0.308. The summed E-state index contributed by atoms with van der Waals surface area (Å²) in [7, 11) is 0. The van der Waals surface area contributed by atoms with Crippen molar-refractivity contribution in [3.8, 4) is 0 Å². The van der Waals surface area contributed by atoms with Gasteiger partial charge in [-0.15, -0.1) is 0 Å². The first kappa shape index (κ1) is 13.5. The molecule has 0 amide bonds. The number of nitrogens with zero attached hydrogens (tertiary/aromatic N) is 3. The summed E-state index contributed by atoms with van der Waals surface area (Å²) in [5.41, 5.74) is 2.43. The molecular formula is C13H14ClN3O2. The Balaban J connectivity index is 2.50. The van der Waals surface area contributed by atoms with Gasteiger partial charge in [-0.2, -0.15) is 5.10 Å². The average Bonchev–Trinajstić information content (AvgIpc) is 2.66. The summed E-state index contributed by atoms with van der Waals surface area (Å²) in [5, 5.41) is 15.8. The van der Waals surface area contributed by atoms with Gasteiger partial charge in [-0.1, -0.05) is 29.8 Å². The molecule has 5 nitrogen and oxygen atoms in total. The number of hydrogen-bond donors (Lipinski definition) is 0. The number of aryl methyl sites for hydroxylation is 2. The maximum Gasteiger partial charge on any atom is 0.230 e. The topological polar surface area (TPSA) is 61.0 Å². The Labute approximate surface area is 116 Å². The quantitative estimate of drug-likeness (QED) is 0.638. The molecule has 100 valence electrons. The third kappa shape index (κ3) is 2.93. The van der Waals surface area contributed by atoms with Gasteiger partial charge in [0.1, 0.15) is 6.04 Å². The van der Waals surface area contributed by atoms with Crippen LogP contribution in [-0.4, -0.2) is 21.2 Å². The van der Waals surface area contributed by atoms with Crippen molar-refractivity contribution in [3.63, 3.8) is 0 Å². The lowest BCUT2D eigenvalue weighted by atomic mass is 10.1. The van der Waals surface area contributed by atoms with Crippen molar-refractivity contribution in [2.75, 3.05) is 6.54 Å². The standard InChI is InChI=1S/C13H14ClN3O2/c1-9-7-10(2)17(15-9)13(8-16(18)19)11-5-3-4-6-12(11)14/h3-7,13H,8H2,1-2H3/t13-/m1/s1. The lowest BCUT2D eigenvalue weighted by molar-refractivity contribution is -0.484. The Bertz CT molecular complexity index is 610. The van der Waals surface area contributed by atoms with E-state index >= 15 is 0 Å². The van der Waals surface area contributed by atoms with Crippen molar-refractivity contribution in [2.45, 2.75) is 19.9 Å². The zero-order valence-electron chi connectivity index (χ0n) is 10.7. The van der Waals surface area contributed by atoms with E-state index < -0.39 is 6.04 Å². The SMILES string of the molecule is Cc1cc(C)n([C@H](C[N+](=O)[O-])c2ccccc2Cl)n1. The van der Waals surface area contributed by atoms with Gasteiger partial charge in [-0.25, -0.2) is 0 Å². The Morgan fingerprint density at radius 2 is 2.11 bits per heavy atom. The van der Waals surface area contributed by atoms with E-state index in [9.17, 15) is 10.1 Å². The number of benzene rings is 1. The Morgan fingerprint density at radius 3 is 2.63 bits per heavy atom. The minimum absolute atomic E-state index is 0.244. The van der Waals surface area contributed by atoms with Gasteiger partial charge in [0, 0.05) is 21.2 Å². The molecule has 0 radical (unpaired) electrons. The third-order valence-corrected chi connectivity index (χ3v) is 3.27. The first-order chi connectivity index (χ1) is 8.99. The van der Waals surface area contributed by atoms with Crippen LogP contribution in [0.1, 0.15) is 23.0 Å². The highest BCUT2D eigenvalue weighted by Crippen LogP contribution is 2.27. The summed E-state index contributed by atoms with van der Waals surface area (Å²) in [6.07, 6.45) is 0. The molecule has 1 atom stereocenters. The summed E-state index contributed by atoms with van der Waals surface area (Å²) in [5.74, 6) is 0. The Hall–Kier alpha value is -1.88. The molecule has 2 aromatic rings. The highest BCUT2D eigenvalue weighted by Gasteiger charge is 2.24. The number of hydrogen-bond acceptors (Lipinski definition) is 3. The van der Waals surface area contributed by atoms with Crippen molar-refractivity contribution in [2.24, 2.45) is 0 Å². The molecule has 1 aromatic carbocycles. The van der Waals surface area contributed by atoms with Gasteiger partial charge < -0.3 is 0 Å². The molecule has 0 spiro atoms. The number of halogens is 1. The molecule has 0 unspecified atom stereocenters. The van der Waals surface area contributed by atoms with Crippen LogP contribution in [0.5, 0.6) is 0 Å². The van der Waals surface area contributed by atoms with Crippen LogP contribution in [0.2, 0.25) is 5.02 Å². The van der Waals surface area contributed by atoms with Gasteiger partial charge in [0.25, 0.3) is 0 Å². The molecule has 0 N–H and O–H groups in total. The maximum atomic E-state index is 10.9. The fourth-order valence-corrected chi connectivity index (χ4v) is 2.42. The second-order valence-electron chi connectivity index (χ2n) is 4.42. The smallest absolute Gasteiger partial charge is 0.230 e. The van der Waals surface area contributed by atoms with E-state index in [0.29, 0.717) is 10.6 Å². The number of nitro groups is 1. The highest BCUT2D eigenvalue weighted by molar-refractivity contribution is 6.31. The first-order valence-electron chi connectivity index (χ1n) is 5.88. The molecule has 0 aliphatic carbocycles. The van der Waals surface area contributed by atoms with Crippen LogP contribution in [-0.2, 0) is 0 Å². The van der Waals surface area contributed by atoms with E-state index in [4.69, 9.17) is 11.6 Å². The Kier molecular flexibility index (Phi) is 3.85. The second kappa shape index (κ2) is 5.40. The van der Waals surface area contributed by atoms with Crippen molar-refractivity contribution in [1.82, 2.24) is 9.78 Å². The second-order valence-corrected chi connectivity index (χ2v) is 4.83. The fourth-order valence-electron chi connectivity index (χ4n) is 2.16. The molecule has 0 aliphatic heterocycles. The van der Waals surface area contributed by atoms with Crippen LogP contribution in [0.25, 0.3) is 0 Å². The summed E-state index contributed by atoms with van der Waals surface area (Å²) >= 11 is 6.15. The van der Waals surface area contributed by atoms with Gasteiger partial charge in [-0.3, -0.25) is 14.8 Å². The summed E-state index contributed by atoms with van der Waals surface area (Å²) < 4.78 is 1.67. The summed E-state index contributed by atoms with van der Waals surface area (Å²) in [6.45, 7) is 3.49. The Morgan fingerprint density at radius 1 is 1.42 bits per heavy atom. The van der Waals surface area contributed by atoms with E-state index in [1.807, 2.05) is 26.0 Å². The molecule has 1 aromatic heterocycles. The highest BCUT2D eigenvalue weighted by atomic mass is 35.5. The molecular weight excluding hydrogens is 266 g/mol. The van der Waals surface area contributed by atoms with Crippen LogP contribution >= 0.6 is 11.6 Å². The van der Waals surface area contributed by atoms with E-state index in [-0.39, 0.29) is 11.5 Å². The van der Waals surface area contributed by atoms with Crippen molar-refractivity contribution in [3.05, 3.63) is 62.4 Å². The molecule has 0 fully saturated rings. The van der Waals surface area contributed by atoms with Gasteiger partial charge in [0.05, 0.1) is 5.69 Å². The number of rotatable bonds is 4. The van der Waals surface area contributed by atoms with E-state index in [0.717, 1.165) is 11.4 Å². The molecule has 2 rings (SSSR count). The predicted octanol–water partition coefficient (Wildman–Crippen LogP) is 3.02. The summed E-state index contributed by atoms with van der Waals surface area (Å²) in [4.78, 5) is 10.6. The first-order valence-corrected chi connectivity index (χ1v) is 6.26. The van der Waals surface area contributed by atoms with E-state index in [2.05, 4.69) is 5.10 Å². The minimum atomic E-state index is -0.489. The predicted molar refractivity (Wildman–Crippen MR) is 73.2 cm³/mol. The van der Waals surface area contributed by atoms with Gasteiger partial charge in [0.15, 0.2) is 0 Å². The van der Waals surface area contributed by atoms with Crippen molar-refractivity contribution < 1.29 is 4.92 Å². The molecule has 0 aliphatic rings. The largest absolute Gasteiger partial charge is 0.264 e. The van der Waals surface area contributed by atoms with Crippen molar-refractivity contribution in [1.29, 1.82) is 0 Å². The minimum Gasteiger partial charge on any atom is -0.264 e. The van der Waals surface area contributed by atoms with E-state index in [1.54, 1.807) is 22.9 Å². The summed E-state index contributed by atoms with van der Waals surface area (Å²) in [6, 6.07) is 8.56. The third-order valence-electron chi connectivity index (χ3n) is 2.93. The molecule has 0 saturated carbocycles. The number of aromatic nitrogens is 2. The van der Waals surface area contributed by atoms with Crippen LogP contribution in [0, 0.1) is 24.0 Å². The molecule has 6 heteroatoms. The van der Waals surface area contributed by atoms with Crippen molar-refractivity contribution >= 4 is 11.6 Å². The monoisotopic (exact) mass is 279 g/mol. The van der Waals surface area contributed by atoms with Crippen LogP contribution in [0.15, 0.2) is 30.3 Å². The molecule has 0 saturated heterocycles. The molecule has 0 bridgehead atoms. The van der Waals surface area contributed by atoms with Gasteiger partial charge in [-0.05, 0) is 26.0 Å². The van der Waals surface area contributed by atoms with Crippen LogP contribution < -0.4 is 0 Å². The molecule has 19 heavy (non-hydrogen) atoms. The molecule has 1 heterocycles. The lowest BCUT2D eigenvalue weighted by Gasteiger charge is -2.17. The van der Waals surface area contributed by atoms with Gasteiger partial charge >= 0.3 is 0 Å². The average molecular weight is 280 g/mol. The zero-order chi connectivity index (χ0) is 14.0. The van der Waals surface area contributed by atoms with Crippen LogP contribution in [0.4, 0.5) is 0 Å². The normalized spacial score (nSPS) is 12.4.